The van der Waals surface area contributed by atoms with Crippen molar-refractivity contribution in [1.82, 2.24) is 4.31 Å². The minimum absolute atomic E-state index is 0.0661. The Kier molecular flexibility index (Phi) is 4.95. The van der Waals surface area contributed by atoms with Crippen molar-refractivity contribution in [3.8, 4) is 5.75 Å². The molecular formula is C14H18FNO4S. The molecule has 21 heavy (non-hydrogen) atoms. The second kappa shape index (κ2) is 6.53. The summed E-state index contributed by atoms with van der Waals surface area (Å²) < 4.78 is 43.3. The summed E-state index contributed by atoms with van der Waals surface area (Å²) in [7, 11) is -3.19. The fourth-order valence-corrected chi connectivity index (χ4v) is 3.36. The van der Waals surface area contributed by atoms with E-state index < -0.39 is 15.8 Å². The Morgan fingerprint density at radius 3 is 2.86 bits per heavy atom. The van der Waals surface area contributed by atoms with Crippen LogP contribution in [0.4, 0.5) is 4.39 Å². The van der Waals surface area contributed by atoms with Crippen molar-refractivity contribution in [2.45, 2.75) is 12.8 Å². The first-order valence-electron chi connectivity index (χ1n) is 6.72. The Hall–Kier alpha value is -1.47. The predicted octanol–water partition coefficient (Wildman–Crippen LogP) is 1.69. The normalized spacial score (nSPS) is 20.2. The van der Waals surface area contributed by atoms with Crippen LogP contribution in [0.5, 0.6) is 5.75 Å². The number of hydrogen-bond acceptors (Lipinski definition) is 4. The van der Waals surface area contributed by atoms with E-state index in [0.29, 0.717) is 26.0 Å². The minimum atomic E-state index is -3.19. The lowest BCUT2D eigenvalue weighted by atomic mass is 10.0. The minimum Gasteiger partial charge on any atom is -0.493 e. The highest BCUT2D eigenvalue weighted by Gasteiger charge is 2.26. The van der Waals surface area contributed by atoms with Crippen LogP contribution in [0.3, 0.4) is 0 Å². The molecule has 0 N–H and O–H groups in total. The van der Waals surface area contributed by atoms with E-state index in [1.54, 1.807) is 0 Å². The van der Waals surface area contributed by atoms with Gasteiger partial charge in [0.05, 0.1) is 12.9 Å². The molecule has 1 aromatic rings. The molecule has 0 radical (unpaired) electrons. The van der Waals surface area contributed by atoms with Crippen molar-refractivity contribution >= 4 is 16.3 Å². The van der Waals surface area contributed by atoms with Crippen molar-refractivity contribution in [1.29, 1.82) is 0 Å². The van der Waals surface area contributed by atoms with Crippen LogP contribution in [0.1, 0.15) is 23.2 Å². The summed E-state index contributed by atoms with van der Waals surface area (Å²) in [5.41, 5.74) is 0.214. The number of aldehydes is 1. The maximum atomic E-state index is 13.3. The third-order valence-corrected chi connectivity index (χ3v) is 4.74. The SMILES string of the molecule is CS(=O)(=O)N1CCCC(COc2cc(F)cc(C=O)c2)C1. The molecule has 1 atom stereocenters. The summed E-state index contributed by atoms with van der Waals surface area (Å²) in [5.74, 6) is -0.180. The summed E-state index contributed by atoms with van der Waals surface area (Å²) in [5, 5.41) is 0. The fourth-order valence-electron chi connectivity index (χ4n) is 2.41. The van der Waals surface area contributed by atoms with Gasteiger partial charge in [0.2, 0.25) is 10.0 Å². The lowest BCUT2D eigenvalue weighted by Crippen LogP contribution is -2.40. The number of carbonyl (C=O) groups is 1. The molecule has 7 heteroatoms. The number of piperidine rings is 1. The lowest BCUT2D eigenvalue weighted by molar-refractivity contribution is 0.112. The zero-order chi connectivity index (χ0) is 15.5. The second-order valence-electron chi connectivity index (χ2n) is 5.28. The molecule has 1 unspecified atom stereocenters. The van der Waals surface area contributed by atoms with Crippen LogP contribution in [-0.2, 0) is 10.0 Å². The zero-order valence-corrected chi connectivity index (χ0v) is 12.6. The van der Waals surface area contributed by atoms with Gasteiger partial charge in [-0.1, -0.05) is 0 Å². The van der Waals surface area contributed by atoms with E-state index in [-0.39, 0.29) is 17.2 Å². The maximum Gasteiger partial charge on any atom is 0.211 e. The van der Waals surface area contributed by atoms with Crippen molar-refractivity contribution in [2.24, 2.45) is 5.92 Å². The van der Waals surface area contributed by atoms with Gasteiger partial charge in [-0.05, 0) is 25.0 Å². The highest BCUT2D eigenvalue weighted by molar-refractivity contribution is 7.88. The molecule has 1 aliphatic heterocycles. The molecule has 0 bridgehead atoms. The Bertz CT molecular complexity index is 617. The number of halogens is 1. The molecule has 0 saturated carbocycles. The Balaban J connectivity index is 1.96. The molecule has 1 fully saturated rings. The maximum absolute atomic E-state index is 13.3. The molecule has 1 saturated heterocycles. The van der Waals surface area contributed by atoms with E-state index in [0.717, 1.165) is 18.9 Å². The fraction of sp³-hybridized carbons (Fsp3) is 0.500. The third-order valence-electron chi connectivity index (χ3n) is 3.47. The standard InChI is InChI=1S/C14H18FNO4S/c1-21(18,19)16-4-2-3-11(8-16)10-20-14-6-12(9-17)5-13(15)7-14/h5-7,9,11H,2-4,8,10H2,1H3. The predicted molar refractivity (Wildman–Crippen MR) is 76.4 cm³/mol. The molecule has 1 aliphatic rings. The van der Waals surface area contributed by atoms with Crippen molar-refractivity contribution < 1.29 is 22.3 Å². The number of nitrogens with zero attached hydrogens (tertiary/aromatic N) is 1. The van der Waals surface area contributed by atoms with Gasteiger partial charge in [0.15, 0.2) is 0 Å². The first-order chi connectivity index (χ1) is 9.88. The van der Waals surface area contributed by atoms with Gasteiger partial charge in [0, 0.05) is 30.6 Å². The average molecular weight is 315 g/mol. The van der Waals surface area contributed by atoms with E-state index in [2.05, 4.69) is 0 Å². The molecule has 2 rings (SSSR count). The zero-order valence-electron chi connectivity index (χ0n) is 11.8. The molecule has 0 aromatic heterocycles. The lowest BCUT2D eigenvalue weighted by Gasteiger charge is -2.30. The summed E-state index contributed by atoms with van der Waals surface area (Å²) >= 11 is 0. The molecule has 0 amide bonds. The van der Waals surface area contributed by atoms with Crippen LogP contribution in [0.15, 0.2) is 18.2 Å². The van der Waals surface area contributed by atoms with Gasteiger partial charge in [0.1, 0.15) is 17.9 Å². The van der Waals surface area contributed by atoms with E-state index in [1.807, 2.05) is 0 Å². The number of benzene rings is 1. The quantitative estimate of drug-likeness (QED) is 0.776. The van der Waals surface area contributed by atoms with E-state index in [9.17, 15) is 17.6 Å². The number of carbonyl (C=O) groups excluding carboxylic acids is 1. The molecule has 1 heterocycles. The van der Waals surface area contributed by atoms with Gasteiger partial charge in [-0.3, -0.25) is 4.79 Å². The summed E-state index contributed by atoms with van der Waals surface area (Å²) in [6, 6.07) is 3.81. The largest absolute Gasteiger partial charge is 0.493 e. The number of hydrogen-bond donors (Lipinski definition) is 0. The van der Waals surface area contributed by atoms with Gasteiger partial charge in [0.25, 0.3) is 0 Å². The van der Waals surface area contributed by atoms with Crippen LogP contribution < -0.4 is 4.74 Å². The Morgan fingerprint density at radius 2 is 2.19 bits per heavy atom. The first-order valence-corrected chi connectivity index (χ1v) is 8.57. The molecule has 0 spiro atoms. The molecule has 5 nitrogen and oxygen atoms in total. The van der Waals surface area contributed by atoms with Crippen LogP contribution >= 0.6 is 0 Å². The highest BCUT2D eigenvalue weighted by Crippen LogP contribution is 2.21. The topological polar surface area (TPSA) is 63.7 Å². The third kappa shape index (κ3) is 4.50. The van der Waals surface area contributed by atoms with Gasteiger partial charge in [-0.25, -0.2) is 17.1 Å². The summed E-state index contributed by atoms with van der Waals surface area (Å²) in [6.07, 6.45) is 3.40. The highest BCUT2D eigenvalue weighted by atomic mass is 32.2. The van der Waals surface area contributed by atoms with Crippen LogP contribution in [0.2, 0.25) is 0 Å². The van der Waals surface area contributed by atoms with Gasteiger partial charge >= 0.3 is 0 Å². The number of rotatable bonds is 5. The average Bonchev–Trinajstić information content (AvgIpc) is 2.44. The van der Waals surface area contributed by atoms with Crippen molar-refractivity contribution in [3.63, 3.8) is 0 Å². The number of sulfonamides is 1. The second-order valence-corrected chi connectivity index (χ2v) is 7.26. The Labute approximate surface area is 123 Å². The van der Waals surface area contributed by atoms with Crippen molar-refractivity contribution in [3.05, 3.63) is 29.6 Å². The van der Waals surface area contributed by atoms with Crippen LogP contribution in [-0.4, -0.2) is 45.0 Å². The molecule has 1 aromatic carbocycles. The summed E-state index contributed by atoms with van der Waals surface area (Å²) in [4.78, 5) is 10.7. The van der Waals surface area contributed by atoms with E-state index in [1.165, 1.54) is 22.7 Å². The molecule has 0 aliphatic carbocycles. The van der Waals surface area contributed by atoms with E-state index >= 15 is 0 Å². The first kappa shape index (κ1) is 15.9. The molecular weight excluding hydrogens is 297 g/mol. The Morgan fingerprint density at radius 1 is 1.43 bits per heavy atom. The van der Waals surface area contributed by atoms with E-state index in [4.69, 9.17) is 4.74 Å². The van der Waals surface area contributed by atoms with Crippen molar-refractivity contribution in [2.75, 3.05) is 26.0 Å². The van der Waals surface area contributed by atoms with Crippen LogP contribution in [0, 0.1) is 11.7 Å². The smallest absolute Gasteiger partial charge is 0.211 e. The van der Waals surface area contributed by atoms with Crippen LogP contribution in [0.25, 0.3) is 0 Å². The van der Waals surface area contributed by atoms with Gasteiger partial charge in [-0.15, -0.1) is 0 Å². The monoisotopic (exact) mass is 315 g/mol. The van der Waals surface area contributed by atoms with Gasteiger partial charge in [-0.2, -0.15) is 0 Å². The number of ether oxygens (including phenoxy) is 1. The summed E-state index contributed by atoms with van der Waals surface area (Å²) in [6.45, 7) is 1.24. The van der Waals surface area contributed by atoms with Gasteiger partial charge < -0.3 is 4.74 Å². The molecule has 116 valence electrons.